The Balaban J connectivity index is 1.91. The molecule has 1 saturated carbocycles. The van der Waals surface area contributed by atoms with Crippen LogP contribution >= 0.6 is 0 Å². The zero-order valence-corrected chi connectivity index (χ0v) is 10.8. The van der Waals surface area contributed by atoms with Crippen molar-refractivity contribution in [1.29, 1.82) is 0 Å². The average Bonchev–Trinajstić information content (AvgIpc) is 2.50. The van der Waals surface area contributed by atoms with Crippen LogP contribution in [0.4, 0.5) is 4.79 Å². The summed E-state index contributed by atoms with van der Waals surface area (Å²) in [6.45, 7) is 4.04. The molecular weight excluding hydrogens is 234 g/mol. The Labute approximate surface area is 106 Å². The number of hydrazine groups is 1. The zero-order valence-electron chi connectivity index (χ0n) is 10.8. The van der Waals surface area contributed by atoms with Gasteiger partial charge in [0.25, 0.3) is 5.91 Å². The maximum absolute atomic E-state index is 12.0. The van der Waals surface area contributed by atoms with Crippen molar-refractivity contribution in [3.05, 3.63) is 0 Å². The molecule has 2 fully saturated rings. The second-order valence-electron chi connectivity index (χ2n) is 5.47. The third-order valence-corrected chi connectivity index (χ3v) is 3.55. The fourth-order valence-electron chi connectivity index (χ4n) is 2.19. The molecule has 2 rings (SSSR count). The zero-order chi connectivity index (χ0) is 13.3. The summed E-state index contributed by atoms with van der Waals surface area (Å²) in [5.74, 6) is -0.197. The number of nitrogens with zero attached hydrogens (tertiary/aromatic N) is 1. The minimum Gasteiger partial charge on any atom is -0.322 e. The lowest BCUT2D eigenvalue weighted by molar-refractivity contribution is -0.141. The SMILES string of the molecule is CC(C)CCC(=O)NN1C(=O)NC2(CCC2)C1=O. The number of imide groups is 1. The van der Waals surface area contributed by atoms with Crippen LogP contribution in [0.5, 0.6) is 0 Å². The molecule has 6 nitrogen and oxygen atoms in total. The van der Waals surface area contributed by atoms with Crippen molar-refractivity contribution in [3.63, 3.8) is 0 Å². The summed E-state index contributed by atoms with van der Waals surface area (Å²) in [6.07, 6.45) is 3.31. The van der Waals surface area contributed by atoms with Gasteiger partial charge in [0.2, 0.25) is 5.91 Å². The highest BCUT2D eigenvalue weighted by Crippen LogP contribution is 2.36. The monoisotopic (exact) mass is 253 g/mol. The highest BCUT2D eigenvalue weighted by Gasteiger charge is 2.55. The van der Waals surface area contributed by atoms with E-state index in [4.69, 9.17) is 0 Å². The summed E-state index contributed by atoms with van der Waals surface area (Å²) in [5, 5.41) is 3.49. The fraction of sp³-hybridized carbons (Fsp3) is 0.750. The number of amides is 4. The van der Waals surface area contributed by atoms with Gasteiger partial charge in [-0.2, -0.15) is 5.01 Å². The van der Waals surface area contributed by atoms with Gasteiger partial charge in [0.15, 0.2) is 0 Å². The maximum Gasteiger partial charge on any atom is 0.344 e. The first kappa shape index (κ1) is 12.9. The van der Waals surface area contributed by atoms with Crippen molar-refractivity contribution in [2.75, 3.05) is 0 Å². The van der Waals surface area contributed by atoms with E-state index in [9.17, 15) is 14.4 Å². The van der Waals surface area contributed by atoms with E-state index in [0.29, 0.717) is 25.2 Å². The number of nitrogens with one attached hydrogen (secondary N) is 2. The molecule has 1 saturated heterocycles. The van der Waals surface area contributed by atoms with E-state index in [1.807, 2.05) is 13.8 Å². The van der Waals surface area contributed by atoms with Gasteiger partial charge in [-0.05, 0) is 31.6 Å². The number of carbonyl (C=O) groups excluding carboxylic acids is 3. The van der Waals surface area contributed by atoms with Crippen molar-refractivity contribution in [3.8, 4) is 0 Å². The molecule has 6 heteroatoms. The molecule has 1 heterocycles. The first-order valence-corrected chi connectivity index (χ1v) is 6.41. The summed E-state index contributed by atoms with van der Waals surface area (Å²) in [6, 6.07) is -0.516. The highest BCUT2D eigenvalue weighted by molar-refractivity contribution is 6.08. The molecule has 2 N–H and O–H groups in total. The summed E-state index contributed by atoms with van der Waals surface area (Å²) < 4.78 is 0. The molecule has 1 aliphatic heterocycles. The summed E-state index contributed by atoms with van der Waals surface area (Å²) in [7, 11) is 0. The second kappa shape index (κ2) is 4.59. The van der Waals surface area contributed by atoms with Crippen LogP contribution in [0, 0.1) is 5.92 Å². The summed E-state index contributed by atoms with van der Waals surface area (Å²) in [5.41, 5.74) is 1.66. The molecule has 0 aromatic heterocycles. The molecule has 0 radical (unpaired) electrons. The third kappa shape index (κ3) is 2.19. The smallest absolute Gasteiger partial charge is 0.322 e. The number of hydrogen-bond acceptors (Lipinski definition) is 3. The highest BCUT2D eigenvalue weighted by atomic mass is 16.2. The van der Waals surface area contributed by atoms with E-state index < -0.39 is 11.6 Å². The van der Waals surface area contributed by atoms with E-state index >= 15 is 0 Å². The van der Waals surface area contributed by atoms with Gasteiger partial charge in [0, 0.05) is 6.42 Å². The Hall–Kier alpha value is -1.59. The molecule has 1 aliphatic carbocycles. The van der Waals surface area contributed by atoms with Crippen LogP contribution in [0.25, 0.3) is 0 Å². The fourth-order valence-corrected chi connectivity index (χ4v) is 2.19. The molecule has 0 unspecified atom stereocenters. The predicted molar refractivity (Wildman–Crippen MR) is 64.2 cm³/mol. The molecule has 1 spiro atoms. The second-order valence-corrected chi connectivity index (χ2v) is 5.47. The molecule has 4 amide bonds. The molecular formula is C12H19N3O3. The van der Waals surface area contributed by atoms with Crippen LogP contribution in [-0.4, -0.2) is 28.4 Å². The lowest BCUT2D eigenvalue weighted by Crippen LogP contribution is -2.54. The minimum atomic E-state index is -0.734. The quantitative estimate of drug-likeness (QED) is 0.731. The number of urea groups is 1. The molecule has 2 aliphatic rings. The Morgan fingerprint density at radius 1 is 1.44 bits per heavy atom. The number of hydrogen-bond donors (Lipinski definition) is 2. The standard InChI is InChI=1S/C12H19N3O3/c1-8(2)4-5-9(16)14-15-10(17)12(6-3-7-12)13-11(15)18/h8H,3-7H2,1-2H3,(H,13,18)(H,14,16). The lowest BCUT2D eigenvalue weighted by atomic mass is 9.77. The van der Waals surface area contributed by atoms with Gasteiger partial charge in [-0.1, -0.05) is 13.8 Å². The van der Waals surface area contributed by atoms with Crippen LogP contribution in [0.3, 0.4) is 0 Å². The maximum atomic E-state index is 12.0. The van der Waals surface area contributed by atoms with E-state index in [2.05, 4.69) is 10.7 Å². The normalized spacial score (nSPS) is 21.2. The van der Waals surface area contributed by atoms with E-state index in [1.165, 1.54) is 0 Å². The summed E-state index contributed by atoms with van der Waals surface area (Å²) >= 11 is 0. The van der Waals surface area contributed by atoms with Gasteiger partial charge in [0.05, 0.1) is 0 Å². The number of carbonyl (C=O) groups is 3. The lowest BCUT2D eigenvalue weighted by Gasteiger charge is -2.34. The largest absolute Gasteiger partial charge is 0.344 e. The third-order valence-electron chi connectivity index (χ3n) is 3.55. The van der Waals surface area contributed by atoms with E-state index in [1.54, 1.807) is 0 Å². The molecule has 18 heavy (non-hydrogen) atoms. The Morgan fingerprint density at radius 3 is 2.56 bits per heavy atom. The molecule has 0 aromatic carbocycles. The van der Waals surface area contributed by atoms with Gasteiger partial charge >= 0.3 is 6.03 Å². The minimum absolute atomic E-state index is 0.288. The van der Waals surface area contributed by atoms with Gasteiger partial charge in [0.1, 0.15) is 5.54 Å². The van der Waals surface area contributed by atoms with Gasteiger partial charge in [-0.3, -0.25) is 15.0 Å². The van der Waals surface area contributed by atoms with Crippen LogP contribution in [0.2, 0.25) is 0 Å². The Kier molecular flexibility index (Phi) is 3.28. The van der Waals surface area contributed by atoms with Crippen molar-refractivity contribution < 1.29 is 14.4 Å². The van der Waals surface area contributed by atoms with Crippen molar-refractivity contribution in [1.82, 2.24) is 15.8 Å². The molecule has 100 valence electrons. The number of rotatable bonds is 4. The van der Waals surface area contributed by atoms with E-state index in [-0.39, 0.29) is 11.8 Å². The van der Waals surface area contributed by atoms with Gasteiger partial charge in [-0.25, -0.2) is 4.79 Å². The topological polar surface area (TPSA) is 78.5 Å². The Bertz CT molecular complexity index is 388. The van der Waals surface area contributed by atoms with Crippen molar-refractivity contribution in [2.24, 2.45) is 5.92 Å². The first-order valence-electron chi connectivity index (χ1n) is 6.41. The summed E-state index contributed by atoms with van der Waals surface area (Å²) in [4.78, 5) is 35.3. The molecule has 0 aromatic rings. The molecule has 0 bridgehead atoms. The van der Waals surface area contributed by atoms with Crippen LogP contribution in [0.1, 0.15) is 46.0 Å². The van der Waals surface area contributed by atoms with Crippen LogP contribution in [-0.2, 0) is 9.59 Å². The van der Waals surface area contributed by atoms with Crippen LogP contribution in [0.15, 0.2) is 0 Å². The first-order chi connectivity index (χ1) is 8.44. The van der Waals surface area contributed by atoms with Gasteiger partial charge < -0.3 is 5.32 Å². The average molecular weight is 253 g/mol. The van der Waals surface area contributed by atoms with Crippen molar-refractivity contribution in [2.45, 2.75) is 51.5 Å². The Morgan fingerprint density at radius 2 is 2.11 bits per heavy atom. The van der Waals surface area contributed by atoms with Gasteiger partial charge in [-0.15, -0.1) is 0 Å². The van der Waals surface area contributed by atoms with E-state index in [0.717, 1.165) is 17.9 Å². The predicted octanol–water partition coefficient (Wildman–Crippen LogP) is 0.928. The molecule has 0 atom stereocenters. The van der Waals surface area contributed by atoms with Crippen molar-refractivity contribution >= 4 is 17.8 Å². The van der Waals surface area contributed by atoms with Crippen LogP contribution < -0.4 is 10.7 Å².